The third-order valence-corrected chi connectivity index (χ3v) is 3.28. The molecule has 0 amide bonds. The summed E-state index contributed by atoms with van der Waals surface area (Å²) in [5.41, 5.74) is 1.05. The minimum absolute atomic E-state index is 0.891. The molecule has 0 bridgehead atoms. The number of fused-ring (bicyclic) bond motifs is 1. The standard InChI is InChI=1S/C8H6INOS/c1-11-5-2-3-6-7(4-5)12-8(9)10-6/h2-4H,1H3. The molecule has 12 heavy (non-hydrogen) atoms. The lowest BCUT2D eigenvalue weighted by atomic mass is 10.3. The zero-order chi connectivity index (χ0) is 8.55. The van der Waals surface area contributed by atoms with Gasteiger partial charge in [0.05, 0.1) is 17.3 Å². The van der Waals surface area contributed by atoms with E-state index < -0.39 is 0 Å². The maximum Gasteiger partial charge on any atom is 0.155 e. The number of rotatable bonds is 1. The van der Waals surface area contributed by atoms with Crippen LogP contribution < -0.4 is 4.74 Å². The number of hydrogen-bond donors (Lipinski definition) is 0. The van der Waals surface area contributed by atoms with Gasteiger partial charge in [-0.3, -0.25) is 0 Å². The SMILES string of the molecule is COc1ccc2nc(I)sc2c1. The van der Waals surface area contributed by atoms with Crippen LogP contribution in [0.5, 0.6) is 5.75 Å². The molecule has 2 aromatic rings. The molecular weight excluding hydrogens is 285 g/mol. The first kappa shape index (κ1) is 8.25. The second-order valence-corrected chi connectivity index (χ2v) is 5.08. The molecule has 1 aromatic carbocycles. The lowest BCUT2D eigenvalue weighted by Gasteiger charge is -1.96. The Hall–Kier alpha value is -0.360. The van der Waals surface area contributed by atoms with Crippen molar-refractivity contribution in [3.8, 4) is 5.75 Å². The molecule has 1 aromatic heterocycles. The summed E-state index contributed by atoms with van der Waals surface area (Å²) in [6.45, 7) is 0. The van der Waals surface area contributed by atoms with E-state index in [0.717, 1.165) is 14.3 Å². The quantitative estimate of drug-likeness (QED) is 0.754. The van der Waals surface area contributed by atoms with Crippen molar-refractivity contribution in [2.24, 2.45) is 0 Å². The van der Waals surface area contributed by atoms with Gasteiger partial charge in [0.1, 0.15) is 5.75 Å². The molecule has 0 unspecified atom stereocenters. The van der Waals surface area contributed by atoms with Gasteiger partial charge in [0.15, 0.2) is 3.01 Å². The Labute approximate surface area is 87.7 Å². The highest BCUT2D eigenvalue weighted by Crippen LogP contribution is 2.26. The second kappa shape index (κ2) is 3.18. The Balaban J connectivity index is 2.66. The third kappa shape index (κ3) is 1.40. The van der Waals surface area contributed by atoms with Crippen LogP contribution in [0.1, 0.15) is 0 Å². The lowest BCUT2D eigenvalue weighted by Crippen LogP contribution is -1.80. The number of hydrogen-bond acceptors (Lipinski definition) is 3. The second-order valence-electron chi connectivity index (χ2n) is 2.30. The first-order valence-electron chi connectivity index (χ1n) is 3.39. The highest BCUT2D eigenvalue weighted by Gasteiger charge is 2.01. The van der Waals surface area contributed by atoms with Crippen molar-refractivity contribution in [1.82, 2.24) is 4.98 Å². The van der Waals surface area contributed by atoms with Gasteiger partial charge in [-0.15, -0.1) is 11.3 Å². The maximum absolute atomic E-state index is 5.11. The smallest absolute Gasteiger partial charge is 0.155 e. The molecule has 0 N–H and O–H groups in total. The van der Waals surface area contributed by atoms with Gasteiger partial charge in [0.2, 0.25) is 0 Å². The fourth-order valence-electron chi connectivity index (χ4n) is 1.00. The van der Waals surface area contributed by atoms with Crippen LogP contribution in [0.4, 0.5) is 0 Å². The average Bonchev–Trinajstić information content (AvgIpc) is 2.43. The molecule has 0 spiro atoms. The number of benzene rings is 1. The molecule has 0 fully saturated rings. The zero-order valence-electron chi connectivity index (χ0n) is 6.37. The number of nitrogens with zero attached hydrogens (tertiary/aromatic N) is 1. The topological polar surface area (TPSA) is 22.1 Å². The summed E-state index contributed by atoms with van der Waals surface area (Å²) in [4.78, 5) is 4.34. The summed E-state index contributed by atoms with van der Waals surface area (Å²) in [7, 11) is 1.67. The van der Waals surface area contributed by atoms with Crippen LogP contribution in [-0.4, -0.2) is 12.1 Å². The number of ether oxygens (including phenoxy) is 1. The molecule has 2 nitrogen and oxygen atoms in total. The lowest BCUT2D eigenvalue weighted by molar-refractivity contribution is 0.415. The molecule has 0 radical (unpaired) electrons. The monoisotopic (exact) mass is 291 g/mol. The van der Waals surface area contributed by atoms with Crippen molar-refractivity contribution in [2.75, 3.05) is 7.11 Å². The van der Waals surface area contributed by atoms with Crippen LogP contribution in [0.15, 0.2) is 18.2 Å². The van der Waals surface area contributed by atoms with Crippen LogP contribution in [0.25, 0.3) is 10.2 Å². The van der Waals surface area contributed by atoms with E-state index in [1.807, 2.05) is 18.2 Å². The summed E-state index contributed by atoms with van der Waals surface area (Å²) in [5, 5.41) is 0. The summed E-state index contributed by atoms with van der Waals surface area (Å²) in [6.07, 6.45) is 0. The molecule has 0 saturated carbocycles. The molecule has 0 aliphatic rings. The van der Waals surface area contributed by atoms with E-state index in [1.54, 1.807) is 18.4 Å². The normalized spacial score (nSPS) is 10.5. The number of aromatic nitrogens is 1. The van der Waals surface area contributed by atoms with E-state index in [-0.39, 0.29) is 0 Å². The van der Waals surface area contributed by atoms with E-state index in [4.69, 9.17) is 4.74 Å². The molecule has 1 heterocycles. The van der Waals surface area contributed by atoms with Gasteiger partial charge in [-0.2, -0.15) is 0 Å². The van der Waals surface area contributed by atoms with Gasteiger partial charge in [0, 0.05) is 0 Å². The summed E-state index contributed by atoms with van der Waals surface area (Å²) in [6, 6.07) is 5.92. The van der Waals surface area contributed by atoms with Crippen LogP contribution >= 0.6 is 33.9 Å². The predicted molar refractivity (Wildman–Crippen MR) is 58.9 cm³/mol. The summed E-state index contributed by atoms with van der Waals surface area (Å²) >= 11 is 3.90. The highest BCUT2D eigenvalue weighted by molar-refractivity contribution is 14.1. The Morgan fingerprint density at radius 1 is 1.50 bits per heavy atom. The van der Waals surface area contributed by atoms with Crippen molar-refractivity contribution in [3.63, 3.8) is 0 Å². The van der Waals surface area contributed by atoms with E-state index in [2.05, 4.69) is 27.6 Å². The molecule has 0 aliphatic carbocycles. The van der Waals surface area contributed by atoms with Gasteiger partial charge in [-0.25, -0.2) is 4.98 Å². The Kier molecular flexibility index (Phi) is 2.18. The fraction of sp³-hybridized carbons (Fsp3) is 0.125. The fourth-order valence-corrected chi connectivity index (χ4v) is 2.69. The van der Waals surface area contributed by atoms with Gasteiger partial charge >= 0.3 is 0 Å². The van der Waals surface area contributed by atoms with Crippen molar-refractivity contribution in [1.29, 1.82) is 0 Å². The first-order valence-corrected chi connectivity index (χ1v) is 5.29. The third-order valence-electron chi connectivity index (χ3n) is 1.57. The van der Waals surface area contributed by atoms with Crippen molar-refractivity contribution in [3.05, 3.63) is 21.2 Å². The van der Waals surface area contributed by atoms with Gasteiger partial charge < -0.3 is 4.74 Å². The van der Waals surface area contributed by atoms with Crippen LogP contribution in [0.3, 0.4) is 0 Å². The van der Waals surface area contributed by atoms with Crippen LogP contribution in [-0.2, 0) is 0 Å². The number of thiazole rings is 1. The maximum atomic E-state index is 5.11. The summed E-state index contributed by atoms with van der Waals surface area (Å²) < 4.78 is 7.35. The minimum Gasteiger partial charge on any atom is -0.497 e. The van der Waals surface area contributed by atoms with Gasteiger partial charge in [-0.1, -0.05) is 0 Å². The Morgan fingerprint density at radius 2 is 2.33 bits per heavy atom. The molecular formula is C8H6INOS. The molecule has 2 rings (SSSR count). The van der Waals surface area contributed by atoms with E-state index in [0.29, 0.717) is 0 Å². The van der Waals surface area contributed by atoms with Crippen molar-refractivity contribution < 1.29 is 4.74 Å². The molecule has 0 saturated heterocycles. The summed E-state index contributed by atoms with van der Waals surface area (Å²) in [5.74, 6) is 0.891. The highest BCUT2D eigenvalue weighted by atomic mass is 127. The van der Waals surface area contributed by atoms with Crippen molar-refractivity contribution in [2.45, 2.75) is 0 Å². The van der Waals surface area contributed by atoms with Crippen molar-refractivity contribution >= 4 is 44.1 Å². The molecule has 4 heteroatoms. The molecule has 62 valence electrons. The average molecular weight is 291 g/mol. The largest absolute Gasteiger partial charge is 0.497 e. The molecule has 0 atom stereocenters. The first-order chi connectivity index (χ1) is 5.79. The number of methoxy groups -OCH3 is 1. The van der Waals surface area contributed by atoms with E-state index in [1.165, 1.54) is 4.70 Å². The Bertz CT molecular complexity index is 412. The molecule has 0 aliphatic heterocycles. The zero-order valence-corrected chi connectivity index (χ0v) is 9.35. The van der Waals surface area contributed by atoms with E-state index in [9.17, 15) is 0 Å². The van der Waals surface area contributed by atoms with Crippen LogP contribution in [0, 0.1) is 3.01 Å². The van der Waals surface area contributed by atoms with Crippen LogP contribution in [0.2, 0.25) is 0 Å². The Morgan fingerprint density at radius 3 is 3.08 bits per heavy atom. The minimum atomic E-state index is 0.891. The number of halogens is 1. The van der Waals surface area contributed by atoms with E-state index >= 15 is 0 Å². The van der Waals surface area contributed by atoms with Gasteiger partial charge in [-0.05, 0) is 40.8 Å². The predicted octanol–water partition coefficient (Wildman–Crippen LogP) is 2.91. The van der Waals surface area contributed by atoms with Gasteiger partial charge in [0.25, 0.3) is 0 Å².